The molecule has 1 aliphatic rings. The molecule has 0 atom stereocenters. The molecule has 0 aliphatic heterocycles. The number of carboxylic acid groups (broad SMARTS) is 1. The van der Waals surface area contributed by atoms with Crippen molar-refractivity contribution in [1.29, 1.82) is 0 Å². The van der Waals surface area contributed by atoms with Crippen LogP contribution in [0, 0.1) is 5.92 Å². The maximum absolute atomic E-state index is 10.8. The predicted molar refractivity (Wildman–Crippen MR) is 66.4 cm³/mol. The fraction of sp³-hybridized carbons (Fsp3) is 0.538. The van der Waals surface area contributed by atoms with Crippen LogP contribution in [0.4, 0.5) is 5.82 Å². The van der Waals surface area contributed by atoms with Crippen LogP contribution in [0.3, 0.4) is 0 Å². The molecule has 1 aromatic rings. The lowest BCUT2D eigenvalue weighted by Gasteiger charge is -2.27. The van der Waals surface area contributed by atoms with Crippen LogP contribution in [-0.4, -0.2) is 28.6 Å². The van der Waals surface area contributed by atoms with Crippen LogP contribution in [-0.2, 0) is 0 Å². The average molecular weight is 234 g/mol. The van der Waals surface area contributed by atoms with Gasteiger partial charge in [0.2, 0.25) is 0 Å². The third-order valence-corrected chi connectivity index (χ3v) is 3.06. The summed E-state index contributed by atoms with van der Waals surface area (Å²) in [5.41, 5.74) is 0.240. The minimum atomic E-state index is -0.928. The zero-order valence-electron chi connectivity index (χ0n) is 10.3. The number of pyridine rings is 1. The molecular formula is C13H18N2O2. The lowest BCUT2D eigenvalue weighted by molar-refractivity contribution is 0.0696. The van der Waals surface area contributed by atoms with E-state index >= 15 is 0 Å². The van der Waals surface area contributed by atoms with Gasteiger partial charge in [0.25, 0.3) is 0 Å². The molecule has 0 bridgehead atoms. The molecular weight excluding hydrogens is 216 g/mol. The van der Waals surface area contributed by atoms with Gasteiger partial charge in [-0.05, 0) is 44.7 Å². The van der Waals surface area contributed by atoms with Gasteiger partial charge in [0.1, 0.15) is 5.82 Å². The second-order valence-electron chi connectivity index (χ2n) is 4.90. The maximum atomic E-state index is 10.8. The molecule has 4 heteroatoms. The van der Waals surface area contributed by atoms with Crippen LogP contribution in [0.25, 0.3) is 0 Å². The predicted octanol–water partition coefficient (Wildman–Crippen LogP) is 2.40. The molecule has 1 fully saturated rings. The summed E-state index contributed by atoms with van der Waals surface area (Å²) in [6.07, 6.45) is 4.03. The van der Waals surface area contributed by atoms with Crippen molar-refractivity contribution >= 4 is 11.8 Å². The van der Waals surface area contributed by atoms with Gasteiger partial charge in [-0.15, -0.1) is 0 Å². The zero-order valence-corrected chi connectivity index (χ0v) is 10.3. The highest BCUT2D eigenvalue weighted by Crippen LogP contribution is 2.31. The lowest BCUT2D eigenvalue weighted by atomic mass is 10.2. The van der Waals surface area contributed by atoms with Crippen LogP contribution in [0.1, 0.15) is 37.0 Å². The van der Waals surface area contributed by atoms with Gasteiger partial charge >= 0.3 is 5.97 Å². The fourth-order valence-corrected chi connectivity index (χ4v) is 1.83. The second kappa shape index (κ2) is 4.73. The van der Waals surface area contributed by atoms with E-state index in [0.717, 1.165) is 18.3 Å². The summed E-state index contributed by atoms with van der Waals surface area (Å²) in [6.45, 7) is 5.29. The smallest absolute Gasteiger partial charge is 0.337 e. The molecule has 0 amide bonds. The van der Waals surface area contributed by atoms with Gasteiger partial charge < -0.3 is 10.0 Å². The Balaban J connectivity index is 2.14. The van der Waals surface area contributed by atoms with Gasteiger partial charge in [-0.3, -0.25) is 0 Å². The van der Waals surface area contributed by atoms with Gasteiger partial charge in [0.15, 0.2) is 0 Å². The first kappa shape index (κ1) is 11.9. The quantitative estimate of drug-likeness (QED) is 0.850. The number of aromatic carboxylic acids is 1. The largest absolute Gasteiger partial charge is 0.478 e. The molecule has 1 saturated carbocycles. The Hall–Kier alpha value is -1.58. The van der Waals surface area contributed by atoms with Gasteiger partial charge in [-0.25, -0.2) is 9.78 Å². The number of carbonyl (C=O) groups is 1. The van der Waals surface area contributed by atoms with Gasteiger partial charge in [-0.2, -0.15) is 0 Å². The van der Waals surface area contributed by atoms with Crippen molar-refractivity contribution in [2.75, 3.05) is 11.4 Å². The van der Waals surface area contributed by atoms with Crippen LogP contribution in [0.2, 0.25) is 0 Å². The Bertz CT molecular complexity index is 396. The minimum Gasteiger partial charge on any atom is -0.478 e. The molecule has 17 heavy (non-hydrogen) atoms. The molecule has 0 unspecified atom stereocenters. The molecule has 0 aromatic carbocycles. The van der Waals surface area contributed by atoms with E-state index < -0.39 is 5.97 Å². The Morgan fingerprint density at radius 3 is 2.65 bits per heavy atom. The SMILES string of the molecule is CC(C)N(CC1CC1)c1ccc(C(=O)O)cn1. The number of aromatic nitrogens is 1. The highest BCUT2D eigenvalue weighted by molar-refractivity contribution is 5.87. The monoisotopic (exact) mass is 234 g/mol. The summed E-state index contributed by atoms with van der Waals surface area (Å²) in [4.78, 5) is 17.2. The van der Waals surface area contributed by atoms with E-state index in [-0.39, 0.29) is 5.56 Å². The summed E-state index contributed by atoms with van der Waals surface area (Å²) in [6, 6.07) is 3.80. The Morgan fingerprint density at radius 2 is 2.24 bits per heavy atom. The number of nitrogens with zero attached hydrogens (tertiary/aromatic N) is 2. The summed E-state index contributed by atoms with van der Waals surface area (Å²) in [5, 5.41) is 8.83. The Labute approximate surface area is 101 Å². The molecule has 1 heterocycles. The molecule has 92 valence electrons. The van der Waals surface area contributed by atoms with Crippen molar-refractivity contribution in [2.45, 2.75) is 32.7 Å². The van der Waals surface area contributed by atoms with E-state index in [2.05, 4.69) is 23.7 Å². The van der Waals surface area contributed by atoms with Gasteiger partial charge in [0, 0.05) is 18.8 Å². The number of anilines is 1. The highest BCUT2D eigenvalue weighted by atomic mass is 16.4. The summed E-state index contributed by atoms with van der Waals surface area (Å²) >= 11 is 0. The van der Waals surface area contributed by atoms with E-state index in [1.165, 1.54) is 19.0 Å². The second-order valence-corrected chi connectivity index (χ2v) is 4.90. The lowest BCUT2D eigenvalue weighted by Crippen LogP contribution is -2.33. The van der Waals surface area contributed by atoms with Gasteiger partial charge in [0.05, 0.1) is 5.56 Å². The topological polar surface area (TPSA) is 53.4 Å². The van der Waals surface area contributed by atoms with Crippen molar-refractivity contribution in [3.63, 3.8) is 0 Å². The van der Waals surface area contributed by atoms with Crippen LogP contribution >= 0.6 is 0 Å². The number of carboxylic acids is 1. The molecule has 0 saturated heterocycles. The van der Waals surface area contributed by atoms with E-state index in [1.807, 2.05) is 0 Å². The van der Waals surface area contributed by atoms with Crippen molar-refractivity contribution < 1.29 is 9.90 Å². The van der Waals surface area contributed by atoms with Crippen molar-refractivity contribution in [3.05, 3.63) is 23.9 Å². The van der Waals surface area contributed by atoms with E-state index in [4.69, 9.17) is 5.11 Å². The zero-order chi connectivity index (χ0) is 12.4. The van der Waals surface area contributed by atoms with Crippen LogP contribution in [0.15, 0.2) is 18.3 Å². The highest BCUT2D eigenvalue weighted by Gasteiger charge is 2.26. The standard InChI is InChI=1S/C13H18N2O2/c1-9(2)15(8-10-3-4-10)12-6-5-11(7-14-12)13(16)17/h5-7,9-10H,3-4,8H2,1-2H3,(H,16,17). The first-order valence-corrected chi connectivity index (χ1v) is 6.04. The normalized spacial score (nSPS) is 15.0. The molecule has 1 aromatic heterocycles. The van der Waals surface area contributed by atoms with Crippen molar-refractivity contribution in [3.8, 4) is 0 Å². The molecule has 1 aliphatic carbocycles. The third kappa shape index (κ3) is 2.96. The van der Waals surface area contributed by atoms with Crippen molar-refractivity contribution in [1.82, 2.24) is 4.98 Å². The van der Waals surface area contributed by atoms with E-state index in [0.29, 0.717) is 6.04 Å². The Kier molecular flexibility index (Phi) is 3.31. The third-order valence-electron chi connectivity index (χ3n) is 3.06. The molecule has 1 N–H and O–H groups in total. The molecule has 0 spiro atoms. The fourth-order valence-electron chi connectivity index (χ4n) is 1.83. The van der Waals surface area contributed by atoms with E-state index in [9.17, 15) is 4.79 Å². The van der Waals surface area contributed by atoms with Crippen LogP contribution in [0.5, 0.6) is 0 Å². The minimum absolute atomic E-state index is 0.240. The molecule has 4 nitrogen and oxygen atoms in total. The first-order valence-electron chi connectivity index (χ1n) is 6.04. The van der Waals surface area contributed by atoms with Crippen LogP contribution < -0.4 is 4.90 Å². The van der Waals surface area contributed by atoms with Crippen molar-refractivity contribution in [2.24, 2.45) is 5.92 Å². The molecule has 0 radical (unpaired) electrons. The average Bonchev–Trinajstić information content (AvgIpc) is 3.09. The Morgan fingerprint density at radius 1 is 1.53 bits per heavy atom. The summed E-state index contributed by atoms with van der Waals surface area (Å²) in [5.74, 6) is 0.734. The molecule has 2 rings (SSSR count). The van der Waals surface area contributed by atoms with E-state index in [1.54, 1.807) is 12.1 Å². The first-order chi connectivity index (χ1) is 8.08. The van der Waals surface area contributed by atoms with Gasteiger partial charge in [-0.1, -0.05) is 0 Å². The number of hydrogen-bond donors (Lipinski definition) is 1. The number of hydrogen-bond acceptors (Lipinski definition) is 3. The maximum Gasteiger partial charge on any atom is 0.337 e. The number of rotatable bonds is 5. The summed E-state index contributed by atoms with van der Waals surface area (Å²) in [7, 11) is 0. The summed E-state index contributed by atoms with van der Waals surface area (Å²) < 4.78 is 0.